The Morgan fingerprint density at radius 2 is 1.53 bits per heavy atom. The van der Waals surface area contributed by atoms with Crippen LogP contribution in [0.25, 0.3) is 10.8 Å². The van der Waals surface area contributed by atoms with Crippen LogP contribution in [-0.2, 0) is 32.1 Å². The van der Waals surface area contributed by atoms with Crippen molar-refractivity contribution in [1.82, 2.24) is 9.97 Å². The lowest BCUT2D eigenvalue weighted by atomic mass is 9.98. The summed E-state index contributed by atoms with van der Waals surface area (Å²) in [6.45, 7) is 2.07. The molecule has 0 saturated heterocycles. The number of benzene rings is 3. The fraction of sp³-hybridized carbons (Fsp3) is 0.222. The van der Waals surface area contributed by atoms with Crippen LogP contribution in [0.15, 0.2) is 60.9 Å². The fourth-order valence-electron chi connectivity index (χ4n) is 3.77. The summed E-state index contributed by atoms with van der Waals surface area (Å²) in [6, 6.07) is 15.9. The molecule has 0 amide bonds. The summed E-state index contributed by atoms with van der Waals surface area (Å²) >= 11 is 0. The van der Waals surface area contributed by atoms with Gasteiger partial charge in [-0.3, -0.25) is 0 Å². The summed E-state index contributed by atoms with van der Waals surface area (Å²) in [7, 11) is 0. The topological polar surface area (TPSA) is 49.6 Å². The average molecular weight is 427 g/mol. The van der Waals surface area contributed by atoms with E-state index in [1.165, 1.54) is 12.1 Å². The first-order chi connectivity index (χ1) is 15.6. The summed E-state index contributed by atoms with van der Waals surface area (Å²) in [5, 5.41) is 10.3. The van der Waals surface area contributed by atoms with Gasteiger partial charge in [0.1, 0.15) is 23.5 Å². The molecule has 0 atom stereocenters. The predicted octanol–water partition coefficient (Wildman–Crippen LogP) is 5.91. The van der Waals surface area contributed by atoms with Crippen LogP contribution >= 0.6 is 0 Å². The molecule has 0 aliphatic rings. The van der Waals surface area contributed by atoms with Crippen LogP contribution in [0, 0.1) is 23.0 Å². The second kappa shape index (κ2) is 9.65. The van der Waals surface area contributed by atoms with Crippen molar-refractivity contribution in [3.63, 3.8) is 0 Å². The maximum absolute atomic E-state index is 15.1. The number of nitrogens with zero attached hydrogens (tertiary/aromatic N) is 3. The highest BCUT2D eigenvalue weighted by Gasteiger charge is 2.10. The lowest BCUT2D eigenvalue weighted by molar-refractivity contribution is 0.616. The van der Waals surface area contributed by atoms with Crippen LogP contribution in [0.4, 0.5) is 8.78 Å². The molecule has 3 nitrogen and oxygen atoms in total. The van der Waals surface area contributed by atoms with Gasteiger partial charge in [-0.15, -0.1) is 0 Å². The molecule has 4 rings (SSSR count). The van der Waals surface area contributed by atoms with Crippen molar-refractivity contribution >= 4 is 10.8 Å². The zero-order chi connectivity index (χ0) is 22.5. The molecule has 3 aromatic carbocycles. The molecular weight excluding hydrogens is 404 g/mol. The van der Waals surface area contributed by atoms with Crippen molar-refractivity contribution in [3.05, 3.63) is 106 Å². The van der Waals surface area contributed by atoms with Crippen molar-refractivity contribution in [2.24, 2.45) is 0 Å². The first-order valence-electron chi connectivity index (χ1n) is 10.8. The second-order valence-electron chi connectivity index (χ2n) is 7.88. The van der Waals surface area contributed by atoms with Gasteiger partial charge in [0.05, 0.1) is 5.56 Å². The fourth-order valence-corrected chi connectivity index (χ4v) is 3.77. The van der Waals surface area contributed by atoms with Gasteiger partial charge in [0.15, 0.2) is 0 Å². The van der Waals surface area contributed by atoms with E-state index in [4.69, 9.17) is 5.26 Å². The number of hydrogen-bond donors (Lipinski definition) is 0. The Balaban J connectivity index is 1.45. The van der Waals surface area contributed by atoms with Crippen molar-refractivity contribution in [3.8, 4) is 6.07 Å². The van der Waals surface area contributed by atoms with Gasteiger partial charge in [0.25, 0.3) is 0 Å². The number of halogens is 2. The Bertz CT molecular complexity index is 1290. The Kier molecular flexibility index (Phi) is 6.51. The summed E-state index contributed by atoms with van der Waals surface area (Å²) in [5.74, 6) is 0.0351. The molecule has 32 heavy (non-hydrogen) atoms. The van der Waals surface area contributed by atoms with Gasteiger partial charge in [-0.05, 0) is 65.5 Å². The molecule has 0 unspecified atom stereocenters. The van der Waals surface area contributed by atoms with Gasteiger partial charge in [-0.1, -0.05) is 43.3 Å². The Morgan fingerprint density at radius 3 is 2.25 bits per heavy atom. The molecule has 0 aliphatic carbocycles. The number of hydrogen-bond acceptors (Lipinski definition) is 3. The third-order valence-electron chi connectivity index (χ3n) is 5.74. The van der Waals surface area contributed by atoms with Crippen molar-refractivity contribution < 1.29 is 8.78 Å². The van der Waals surface area contributed by atoms with Gasteiger partial charge >= 0.3 is 0 Å². The van der Waals surface area contributed by atoms with Gasteiger partial charge in [-0.2, -0.15) is 5.26 Å². The molecule has 0 aliphatic heterocycles. The summed E-state index contributed by atoms with van der Waals surface area (Å²) in [6.07, 6.45) is 7.13. The maximum atomic E-state index is 15.1. The zero-order valence-electron chi connectivity index (χ0n) is 17.9. The third kappa shape index (κ3) is 4.81. The van der Waals surface area contributed by atoms with Crippen LogP contribution in [0.5, 0.6) is 0 Å². The lowest BCUT2D eigenvalue weighted by Gasteiger charge is -2.09. The first-order valence-corrected chi connectivity index (χ1v) is 10.8. The molecule has 0 bridgehead atoms. The molecular formula is C27H23F2N3. The number of fused-ring (bicyclic) bond motifs is 1. The Hall–Kier alpha value is -3.65. The van der Waals surface area contributed by atoms with E-state index in [9.17, 15) is 4.39 Å². The van der Waals surface area contributed by atoms with E-state index >= 15 is 4.39 Å². The minimum atomic E-state index is -0.539. The summed E-state index contributed by atoms with van der Waals surface area (Å²) in [5.41, 5.74) is 3.59. The van der Waals surface area contributed by atoms with E-state index in [2.05, 4.69) is 16.9 Å². The normalized spacial score (nSPS) is 10.9. The average Bonchev–Trinajstić information content (AvgIpc) is 2.82. The van der Waals surface area contributed by atoms with E-state index in [0.29, 0.717) is 23.8 Å². The number of aromatic nitrogens is 2. The summed E-state index contributed by atoms with van der Waals surface area (Å²) < 4.78 is 28.9. The van der Waals surface area contributed by atoms with Crippen molar-refractivity contribution in [1.29, 1.82) is 5.26 Å². The smallest absolute Gasteiger partial charge is 0.141 e. The monoisotopic (exact) mass is 427 g/mol. The van der Waals surface area contributed by atoms with Gasteiger partial charge in [-0.25, -0.2) is 18.7 Å². The van der Waals surface area contributed by atoms with Crippen LogP contribution in [0.1, 0.15) is 40.6 Å². The lowest BCUT2D eigenvalue weighted by Crippen LogP contribution is -2.00. The Labute approximate surface area is 186 Å². The first kappa shape index (κ1) is 21.6. The Morgan fingerprint density at radius 1 is 0.812 bits per heavy atom. The summed E-state index contributed by atoms with van der Waals surface area (Å²) in [4.78, 5) is 8.81. The van der Waals surface area contributed by atoms with Gasteiger partial charge in [0.2, 0.25) is 0 Å². The molecule has 1 heterocycles. The van der Waals surface area contributed by atoms with E-state index in [0.717, 1.165) is 47.2 Å². The van der Waals surface area contributed by atoms with Crippen LogP contribution in [-0.4, -0.2) is 9.97 Å². The molecule has 0 N–H and O–H groups in total. The van der Waals surface area contributed by atoms with Crippen molar-refractivity contribution in [2.45, 2.75) is 39.0 Å². The molecule has 0 fully saturated rings. The van der Waals surface area contributed by atoms with Gasteiger partial charge < -0.3 is 0 Å². The molecule has 160 valence electrons. The minimum Gasteiger partial charge on any atom is -0.241 e. The number of nitriles is 1. The zero-order valence-corrected chi connectivity index (χ0v) is 17.9. The molecule has 4 aromatic rings. The SMILES string of the molecule is CCc1cnc(CCc2ccc3c(F)c(CCc4ccc(C#N)c(F)c4)ccc3c2)nc1. The van der Waals surface area contributed by atoms with E-state index in [-0.39, 0.29) is 11.4 Å². The van der Waals surface area contributed by atoms with Gasteiger partial charge in [0, 0.05) is 24.2 Å². The molecule has 0 radical (unpaired) electrons. The third-order valence-corrected chi connectivity index (χ3v) is 5.74. The van der Waals surface area contributed by atoms with Crippen LogP contribution in [0.3, 0.4) is 0 Å². The molecule has 0 spiro atoms. The molecule has 0 saturated carbocycles. The molecule has 1 aromatic heterocycles. The number of aryl methyl sites for hydroxylation is 5. The standard InChI is InChI=1S/C27H23F2N3/c1-2-18-16-31-26(32-17-18)12-6-19-5-11-24-22(13-19)10-9-21(27(24)29)7-3-20-4-8-23(15-30)25(28)14-20/h4-5,8-11,13-14,16-17H,2-3,6-7,12H2,1H3. The van der Waals surface area contributed by atoms with E-state index in [1.54, 1.807) is 12.1 Å². The van der Waals surface area contributed by atoms with Crippen LogP contribution < -0.4 is 0 Å². The predicted molar refractivity (Wildman–Crippen MR) is 121 cm³/mol. The quantitative estimate of drug-likeness (QED) is 0.368. The minimum absolute atomic E-state index is 0.0194. The highest BCUT2D eigenvalue weighted by atomic mass is 19.1. The van der Waals surface area contributed by atoms with Crippen molar-refractivity contribution in [2.75, 3.05) is 0 Å². The maximum Gasteiger partial charge on any atom is 0.141 e. The number of rotatable bonds is 7. The van der Waals surface area contributed by atoms with E-state index < -0.39 is 5.82 Å². The highest BCUT2D eigenvalue weighted by Crippen LogP contribution is 2.24. The molecule has 5 heteroatoms. The second-order valence-corrected chi connectivity index (χ2v) is 7.88. The largest absolute Gasteiger partial charge is 0.241 e. The van der Waals surface area contributed by atoms with Crippen LogP contribution in [0.2, 0.25) is 0 Å². The van der Waals surface area contributed by atoms with E-state index in [1.807, 2.05) is 42.7 Å². The highest BCUT2D eigenvalue weighted by molar-refractivity contribution is 5.84.